The number of benzene rings is 1. The van der Waals surface area contributed by atoms with Crippen LogP contribution < -0.4 is 20.7 Å². The third-order valence-corrected chi connectivity index (χ3v) is 4.72. The van der Waals surface area contributed by atoms with Gasteiger partial charge < -0.3 is 20.3 Å². The summed E-state index contributed by atoms with van der Waals surface area (Å²) >= 11 is 0. The lowest BCUT2D eigenvalue weighted by molar-refractivity contribution is 0.0947. The highest BCUT2D eigenvalue weighted by Gasteiger charge is 2.22. The Balaban J connectivity index is 2.05. The number of carbonyl (C=O) groups is 2. The van der Waals surface area contributed by atoms with Gasteiger partial charge in [0, 0.05) is 26.7 Å². The fraction of sp³-hybridized carbons (Fsp3) is 0.300. The van der Waals surface area contributed by atoms with E-state index >= 15 is 0 Å². The molecular formula is C20H22B3N9O3. The van der Waals surface area contributed by atoms with Crippen molar-refractivity contribution in [2.24, 2.45) is 7.05 Å². The van der Waals surface area contributed by atoms with Crippen molar-refractivity contribution in [3.05, 3.63) is 36.3 Å². The molecule has 0 saturated carbocycles. The number of aryl methyl sites for hydroxylation is 1. The SMILES string of the molecule is [B]C([B])([B])NC(=O)c1nnc(NC(=O)N(C)CC)cc1Nc1cccc(-c2ncn(C)n2)c1OC. The number of hydrogen-bond acceptors (Lipinski definition) is 8. The Labute approximate surface area is 206 Å². The van der Waals surface area contributed by atoms with E-state index < -0.39 is 17.2 Å². The van der Waals surface area contributed by atoms with Crippen LogP contribution in [0.3, 0.4) is 0 Å². The van der Waals surface area contributed by atoms with Crippen LogP contribution in [0.5, 0.6) is 5.75 Å². The Morgan fingerprint density at radius 3 is 2.54 bits per heavy atom. The summed E-state index contributed by atoms with van der Waals surface area (Å²) in [5.41, 5.74) is 1.05. The summed E-state index contributed by atoms with van der Waals surface area (Å²) in [6.07, 6.45) is 1.56. The quantitative estimate of drug-likeness (QED) is 0.402. The van der Waals surface area contributed by atoms with Crippen LogP contribution >= 0.6 is 0 Å². The number of ether oxygens (including phenoxy) is 1. The molecule has 0 aliphatic carbocycles. The van der Waals surface area contributed by atoms with E-state index in [-0.39, 0.29) is 17.2 Å². The van der Waals surface area contributed by atoms with Gasteiger partial charge in [0.25, 0.3) is 5.91 Å². The van der Waals surface area contributed by atoms with Gasteiger partial charge in [-0.1, -0.05) is 11.3 Å². The van der Waals surface area contributed by atoms with Crippen molar-refractivity contribution in [3.63, 3.8) is 0 Å². The van der Waals surface area contributed by atoms with Gasteiger partial charge >= 0.3 is 6.03 Å². The highest BCUT2D eigenvalue weighted by Crippen LogP contribution is 2.37. The van der Waals surface area contributed by atoms with Crippen LogP contribution in [0.4, 0.5) is 22.0 Å². The molecule has 174 valence electrons. The van der Waals surface area contributed by atoms with Crippen molar-refractivity contribution in [1.29, 1.82) is 0 Å². The van der Waals surface area contributed by atoms with Crippen LogP contribution in [0.1, 0.15) is 17.4 Å². The van der Waals surface area contributed by atoms with E-state index in [1.807, 2.05) is 6.92 Å². The molecule has 6 radical (unpaired) electrons. The number of hydrogen-bond donors (Lipinski definition) is 3. The molecular weight excluding hydrogens is 447 g/mol. The summed E-state index contributed by atoms with van der Waals surface area (Å²) in [6.45, 7) is 2.29. The zero-order valence-electron chi connectivity index (χ0n) is 19.7. The molecule has 0 aliphatic rings. The molecule has 35 heavy (non-hydrogen) atoms. The lowest BCUT2D eigenvalue weighted by Crippen LogP contribution is -2.50. The van der Waals surface area contributed by atoms with Gasteiger partial charge in [0.2, 0.25) is 0 Å². The van der Waals surface area contributed by atoms with Crippen molar-refractivity contribution in [3.8, 4) is 17.1 Å². The first-order chi connectivity index (χ1) is 16.5. The Bertz CT molecular complexity index is 1230. The predicted octanol–water partition coefficient (Wildman–Crippen LogP) is 0.354. The number of nitrogens with zero attached hydrogens (tertiary/aromatic N) is 6. The average molecular weight is 469 g/mol. The van der Waals surface area contributed by atoms with Gasteiger partial charge in [-0.25, -0.2) is 9.78 Å². The van der Waals surface area contributed by atoms with Crippen LogP contribution in [0.25, 0.3) is 11.4 Å². The zero-order chi connectivity index (χ0) is 25.8. The summed E-state index contributed by atoms with van der Waals surface area (Å²) in [6, 6.07) is 6.29. The number of rotatable bonds is 8. The highest BCUT2D eigenvalue weighted by atomic mass is 16.5. The van der Waals surface area contributed by atoms with Gasteiger partial charge in [-0.2, -0.15) is 5.10 Å². The summed E-state index contributed by atoms with van der Waals surface area (Å²) in [4.78, 5) is 30.7. The van der Waals surface area contributed by atoms with Crippen molar-refractivity contribution in [2.45, 2.75) is 12.2 Å². The topological polar surface area (TPSA) is 139 Å². The van der Waals surface area contributed by atoms with Gasteiger partial charge in [-0.3, -0.25) is 14.8 Å². The van der Waals surface area contributed by atoms with E-state index in [1.165, 1.54) is 18.1 Å². The highest BCUT2D eigenvalue weighted by molar-refractivity contribution is 6.60. The van der Waals surface area contributed by atoms with E-state index in [1.54, 1.807) is 43.3 Å². The number of urea groups is 1. The second-order valence-corrected chi connectivity index (χ2v) is 7.58. The number of anilines is 3. The first-order valence-electron chi connectivity index (χ1n) is 10.4. The number of amides is 3. The molecule has 0 bridgehead atoms. The molecule has 2 heterocycles. The first kappa shape index (κ1) is 25.6. The lowest BCUT2D eigenvalue weighted by Gasteiger charge is -2.23. The summed E-state index contributed by atoms with van der Waals surface area (Å²) < 4.78 is 7.17. The van der Waals surface area contributed by atoms with Gasteiger partial charge in [0.1, 0.15) is 6.33 Å². The normalized spacial score (nSPS) is 11.0. The fourth-order valence-corrected chi connectivity index (χ4v) is 2.96. The van der Waals surface area contributed by atoms with Crippen LogP contribution in [-0.4, -0.2) is 91.3 Å². The smallest absolute Gasteiger partial charge is 0.322 e. The van der Waals surface area contributed by atoms with Crippen LogP contribution in [0.15, 0.2) is 30.6 Å². The molecule has 0 fully saturated rings. The number of carbonyl (C=O) groups excluding carboxylic acids is 2. The fourth-order valence-electron chi connectivity index (χ4n) is 2.96. The minimum absolute atomic E-state index is 0.0929. The van der Waals surface area contributed by atoms with Crippen LogP contribution in [0, 0.1) is 0 Å². The maximum Gasteiger partial charge on any atom is 0.322 e. The molecule has 3 rings (SSSR count). The molecule has 0 spiro atoms. The van der Waals surface area contributed by atoms with Gasteiger partial charge in [-0.05, 0) is 19.1 Å². The molecule has 15 heteroatoms. The molecule has 3 aromatic rings. The third kappa shape index (κ3) is 6.31. The van der Waals surface area contributed by atoms with E-state index in [0.29, 0.717) is 29.4 Å². The largest absolute Gasteiger partial charge is 0.494 e. The van der Waals surface area contributed by atoms with Crippen LogP contribution in [-0.2, 0) is 7.05 Å². The second kappa shape index (κ2) is 10.5. The van der Waals surface area contributed by atoms with Crippen molar-refractivity contribution in [2.75, 3.05) is 31.3 Å². The number of nitrogens with one attached hydrogen (secondary N) is 3. The Morgan fingerprint density at radius 1 is 1.20 bits per heavy atom. The minimum Gasteiger partial charge on any atom is -0.494 e. The van der Waals surface area contributed by atoms with E-state index in [4.69, 9.17) is 28.3 Å². The first-order valence-corrected chi connectivity index (χ1v) is 10.4. The van der Waals surface area contributed by atoms with Crippen molar-refractivity contribution in [1.82, 2.24) is 35.2 Å². The minimum atomic E-state index is -1.99. The molecule has 12 nitrogen and oxygen atoms in total. The molecule has 3 amide bonds. The molecule has 1 aromatic carbocycles. The molecule has 0 saturated heterocycles. The van der Waals surface area contributed by atoms with Crippen LogP contribution in [0.2, 0.25) is 0 Å². The van der Waals surface area contributed by atoms with Gasteiger partial charge in [0.15, 0.2) is 23.1 Å². The van der Waals surface area contributed by atoms with E-state index in [9.17, 15) is 9.59 Å². The van der Waals surface area contributed by atoms with Gasteiger partial charge in [-0.15, -0.1) is 10.2 Å². The van der Waals surface area contributed by atoms with E-state index in [0.717, 1.165) is 0 Å². The van der Waals surface area contributed by atoms with E-state index in [2.05, 4.69) is 36.2 Å². The van der Waals surface area contributed by atoms with Crippen molar-refractivity contribution < 1.29 is 14.3 Å². The molecule has 2 aromatic heterocycles. The maximum absolute atomic E-state index is 12.8. The maximum atomic E-state index is 12.8. The third-order valence-electron chi connectivity index (χ3n) is 4.72. The summed E-state index contributed by atoms with van der Waals surface area (Å²) in [5.74, 6) is 0.144. The monoisotopic (exact) mass is 469 g/mol. The number of methoxy groups -OCH3 is 1. The Morgan fingerprint density at radius 2 is 1.94 bits per heavy atom. The zero-order valence-corrected chi connectivity index (χ0v) is 19.7. The Hall–Kier alpha value is -4.03. The van der Waals surface area contributed by atoms with Gasteiger partial charge in [0.05, 0.1) is 47.6 Å². The summed E-state index contributed by atoms with van der Waals surface area (Å²) in [7, 11) is 21.4. The standard InChI is InChI=1S/C20H22B3N9O3/c1-5-31(2)19(34)26-14-9-13(15(29-28-14)18(33)27-20(21,22)23)25-12-8-6-7-11(16(12)35-4)17-24-10-32(3)30-17/h6-10H,5H2,1-4H3,(H,27,33)(H2,25,26,28,34). The molecule has 0 aliphatic heterocycles. The predicted molar refractivity (Wildman–Crippen MR) is 133 cm³/mol. The number of para-hydroxylation sites is 1. The second-order valence-electron chi connectivity index (χ2n) is 7.58. The lowest BCUT2D eigenvalue weighted by atomic mass is 9.49. The molecule has 0 unspecified atom stereocenters. The van der Waals surface area contributed by atoms with Crippen molar-refractivity contribution >= 4 is 52.7 Å². The molecule has 3 N–H and O–H groups in total. The Kier molecular flexibility index (Phi) is 7.67. The number of aromatic nitrogens is 5. The summed E-state index contributed by atoms with van der Waals surface area (Å²) in [5, 5.41) is 18.1. The average Bonchev–Trinajstić information content (AvgIpc) is 3.23. The molecule has 0 atom stereocenters.